The van der Waals surface area contributed by atoms with E-state index in [4.69, 9.17) is 9.84 Å². The van der Waals surface area contributed by atoms with Gasteiger partial charge in [-0.25, -0.2) is 0 Å². The Balaban J connectivity index is 2.53. The number of methoxy groups -OCH3 is 1. The number of hydrogen-bond donors (Lipinski definition) is 2. The molecule has 0 aromatic carbocycles. The van der Waals surface area contributed by atoms with E-state index in [2.05, 4.69) is 0 Å². The number of carboxylic acids is 1. The molecule has 0 aromatic heterocycles. The van der Waals surface area contributed by atoms with E-state index in [-0.39, 0.29) is 6.10 Å². The molecule has 0 aliphatic carbocycles. The third kappa shape index (κ3) is 2.67. The van der Waals surface area contributed by atoms with Crippen LogP contribution in [-0.4, -0.2) is 59.5 Å². The number of carbonyl (C=O) groups is 1. The Kier molecular flexibility index (Phi) is 3.86. The monoisotopic (exact) mass is 203 g/mol. The van der Waals surface area contributed by atoms with Gasteiger partial charge in [0.05, 0.1) is 12.2 Å². The maximum absolute atomic E-state index is 10.8. The van der Waals surface area contributed by atoms with Crippen molar-refractivity contribution in [2.75, 3.05) is 20.2 Å². The number of rotatable bonds is 4. The predicted octanol–water partition coefficient (Wildman–Crippen LogP) is -0.459. The molecular weight excluding hydrogens is 186 g/mol. The van der Waals surface area contributed by atoms with Crippen LogP contribution in [0.2, 0.25) is 0 Å². The van der Waals surface area contributed by atoms with Crippen molar-refractivity contribution in [1.29, 1.82) is 0 Å². The van der Waals surface area contributed by atoms with Crippen molar-refractivity contribution >= 4 is 5.97 Å². The Hall–Kier alpha value is -0.650. The molecule has 0 aromatic rings. The molecule has 1 aliphatic rings. The van der Waals surface area contributed by atoms with Crippen LogP contribution in [0.4, 0.5) is 0 Å². The van der Waals surface area contributed by atoms with Crippen molar-refractivity contribution < 1.29 is 19.7 Å². The molecule has 14 heavy (non-hydrogen) atoms. The van der Waals surface area contributed by atoms with Gasteiger partial charge in [-0.05, 0) is 6.92 Å². The average Bonchev–Trinajstić information content (AvgIpc) is 2.46. The quantitative estimate of drug-likeness (QED) is 0.647. The molecule has 1 heterocycles. The zero-order chi connectivity index (χ0) is 10.7. The number of likely N-dealkylation sites (tertiary alicyclic amines) is 1. The summed E-state index contributed by atoms with van der Waals surface area (Å²) in [5, 5.41) is 18.3. The maximum Gasteiger partial charge on any atom is 0.321 e. The smallest absolute Gasteiger partial charge is 0.321 e. The highest BCUT2D eigenvalue weighted by Crippen LogP contribution is 2.18. The summed E-state index contributed by atoms with van der Waals surface area (Å²) >= 11 is 0. The van der Waals surface area contributed by atoms with Crippen molar-refractivity contribution in [3.63, 3.8) is 0 Å². The van der Waals surface area contributed by atoms with Gasteiger partial charge in [0.15, 0.2) is 0 Å². The van der Waals surface area contributed by atoms with Crippen LogP contribution in [0, 0.1) is 0 Å². The van der Waals surface area contributed by atoms with Gasteiger partial charge < -0.3 is 14.9 Å². The minimum atomic E-state index is -0.871. The summed E-state index contributed by atoms with van der Waals surface area (Å²) in [6, 6.07) is -0.567. The second kappa shape index (κ2) is 4.72. The lowest BCUT2D eigenvalue weighted by Gasteiger charge is -2.23. The maximum atomic E-state index is 10.8. The Morgan fingerprint density at radius 2 is 2.36 bits per heavy atom. The zero-order valence-corrected chi connectivity index (χ0v) is 8.51. The zero-order valence-electron chi connectivity index (χ0n) is 8.51. The molecule has 5 nitrogen and oxygen atoms in total. The van der Waals surface area contributed by atoms with Crippen LogP contribution in [0.3, 0.4) is 0 Å². The first-order valence-corrected chi connectivity index (χ1v) is 4.72. The fraction of sp³-hybridized carbons (Fsp3) is 0.889. The molecule has 1 fully saturated rings. The second-order valence-electron chi connectivity index (χ2n) is 3.74. The molecule has 1 saturated heterocycles. The molecule has 2 N–H and O–H groups in total. The SMILES string of the molecule is COC(C)CN1CC(O)CC1C(=O)O. The molecule has 0 saturated carbocycles. The lowest BCUT2D eigenvalue weighted by Crippen LogP contribution is -2.40. The number of hydrogen-bond acceptors (Lipinski definition) is 4. The summed E-state index contributed by atoms with van der Waals surface area (Å²) in [5.41, 5.74) is 0. The Morgan fingerprint density at radius 1 is 1.71 bits per heavy atom. The van der Waals surface area contributed by atoms with Crippen LogP contribution in [0.5, 0.6) is 0 Å². The van der Waals surface area contributed by atoms with Crippen LogP contribution in [-0.2, 0) is 9.53 Å². The standard InChI is InChI=1S/C9H17NO4/c1-6(14-2)4-10-5-7(11)3-8(10)9(12)13/h6-8,11H,3-5H2,1-2H3,(H,12,13). The van der Waals surface area contributed by atoms with Gasteiger partial charge in [0.2, 0.25) is 0 Å². The van der Waals surface area contributed by atoms with Gasteiger partial charge in [0.25, 0.3) is 0 Å². The summed E-state index contributed by atoms with van der Waals surface area (Å²) in [4.78, 5) is 12.6. The van der Waals surface area contributed by atoms with Gasteiger partial charge in [-0.3, -0.25) is 9.69 Å². The van der Waals surface area contributed by atoms with Crippen molar-refractivity contribution in [1.82, 2.24) is 4.90 Å². The van der Waals surface area contributed by atoms with E-state index in [9.17, 15) is 9.90 Å². The highest BCUT2D eigenvalue weighted by Gasteiger charge is 2.36. The van der Waals surface area contributed by atoms with Crippen LogP contribution in [0.15, 0.2) is 0 Å². The highest BCUT2D eigenvalue weighted by atomic mass is 16.5. The van der Waals surface area contributed by atoms with Crippen LogP contribution < -0.4 is 0 Å². The first-order chi connectivity index (χ1) is 6.54. The molecule has 1 aliphatic heterocycles. The first-order valence-electron chi connectivity index (χ1n) is 4.72. The molecule has 3 atom stereocenters. The normalized spacial score (nSPS) is 30.5. The number of aliphatic hydroxyl groups excluding tert-OH is 1. The Bertz CT molecular complexity index is 209. The summed E-state index contributed by atoms with van der Waals surface area (Å²) < 4.78 is 5.06. The molecule has 0 spiro atoms. The predicted molar refractivity (Wildman–Crippen MR) is 50.1 cm³/mol. The molecule has 0 bridgehead atoms. The lowest BCUT2D eigenvalue weighted by atomic mass is 10.2. The fourth-order valence-electron chi connectivity index (χ4n) is 1.74. The number of nitrogens with zero attached hydrogens (tertiary/aromatic N) is 1. The van der Waals surface area contributed by atoms with E-state index in [1.54, 1.807) is 12.0 Å². The van der Waals surface area contributed by atoms with E-state index >= 15 is 0 Å². The van der Waals surface area contributed by atoms with Gasteiger partial charge in [-0.2, -0.15) is 0 Å². The first kappa shape index (κ1) is 11.4. The molecule has 1 rings (SSSR count). The summed E-state index contributed by atoms with van der Waals surface area (Å²) in [6.07, 6.45) is -0.228. The molecular formula is C9H17NO4. The van der Waals surface area contributed by atoms with Gasteiger partial charge in [0.1, 0.15) is 6.04 Å². The molecule has 3 unspecified atom stereocenters. The minimum Gasteiger partial charge on any atom is -0.480 e. The number of aliphatic carboxylic acids is 1. The molecule has 82 valence electrons. The van der Waals surface area contributed by atoms with E-state index in [0.717, 1.165) is 0 Å². The molecule has 0 radical (unpaired) electrons. The number of β-amino-alcohol motifs (C(OH)–C–C–N with tert-alkyl or cyclic N) is 1. The van der Waals surface area contributed by atoms with Gasteiger partial charge in [-0.15, -0.1) is 0 Å². The lowest BCUT2D eigenvalue weighted by molar-refractivity contribution is -0.142. The Morgan fingerprint density at radius 3 is 2.86 bits per heavy atom. The van der Waals surface area contributed by atoms with E-state index < -0.39 is 18.1 Å². The van der Waals surface area contributed by atoms with E-state index in [0.29, 0.717) is 19.5 Å². The van der Waals surface area contributed by atoms with Crippen molar-refractivity contribution in [2.45, 2.75) is 31.6 Å². The van der Waals surface area contributed by atoms with E-state index in [1.807, 2.05) is 6.92 Å². The summed E-state index contributed by atoms with van der Waals surface area (Å²) in [7, 11) is 1.59. The van der Waals surface area contributed by atoms with Crippen LogP contribution in [0.1, 0.15) is 13.3 Å². The second-order valence-corrected chi connectivity index (χ2v) is 3.74. The van der Waals surface area contributed by atoms with E-state index in [1.165, 1.54) is 0 Å². The third-order valence-corrected chi connectivity index (χ3v) is 2.56. The highest BCUT2D eigenvalue weighted by molar-refractivity contribution is 5.74. The van der Waals surface area contributed by atoms with Gasteiger partial charge >= 0.3 is 5.97 Å². The minimum absolute atomic E-state index is 0.0119. The topological polar surface area (TPSA) is 70.0 Å². The number of ether oxygens (including phenoxy) is 1. The molecule has 5 heteroatoms. The summed E-state index contributed by atoms with van der Waals surface area (Å²) in [5.74, 6) is -0.871. The average molecular weight is 203 g/mol. The van der Waals surface area contributed by atoms with Crippen molar-refractivity contribution in [2.24, 2.45) is 0 Å². The third-order valence-electron chi connectivity index (χ3n) is 2.56. The van der Waals surface area contributed by atoms with Crippen LogP contribution >= 0.6 is 0 Å². The van der Waals surface area contributed by atoms with Gasteiger partial charge in [-0.1, -0.05) is 0 Å². The Labute approximate surface area is 83.3 Å². The van der Waals surface area contributed by atoms with Crippen LogP contribution in [0.25, 0.3) is 0 Å². The van der Waals surface area contributed by atoms with Crippen molar-refractivity contribution in [3.8, 4) is 0 Å². The number of carboxylic acid groups (broad SMARTS) is 1. The van der Waals surface area contributed by atoms with Gasteiger partial charge in [0, 0.05) is 26.6 Å². The van der Waals surface area contributed by atoms with Crippen molar-refractivity contribution in [3.05, 3.63) is 0 Å². The number of aliphatic hydroxyl groups is 1. The summed E-state index contributed by atoms with van der Waals surface area (Å²) in [6.45, 7) is 2.85. The largest absolute Gasteiger partial charge is 0.480 e. The molecule has 0 amide bonds. The fourth-order valence-corrected chi connectivity index (χ4v) is 1.74.